The number of hydrogen-bond donors (Lipinski definition) is 1. The number of β-amino-alcohol motifs (C(OH)–C–C–N with tert-alkyl or cyclic N) is 1. The number of aryl methyl sites for hydroxylation is 1. The van der Waals surface area contributed by atoms with E-state index in [1.54, 1.807) is 0 Å². The fourth-order valence-corrected chi connectivity index (χ4v) is 2.41. The Morgan fingerprint density at radius 3 is 2.89 bits per heavy atom. The van der Waals surface area contributed by atoms with Crippen molar-refractivity contribution in [3.63, 3.8) is 0 Å². The van der Waals surface area contributed by atoms with Crippen LogP contribution in [0.25, 0.3) is 0 Å². The number of anilines is 1. The minimum Gasteiger partial charge on any atom is -0.389 e. The lowest BCUT2D eigenvalue weighted by Crippen LogP contribution is -2.38. The first kappa shape index (κ1) is 13.4. The van der Waals surface area contributed by atoms with Crippen LogP contribution in [0.5, 0.6) is 0 Å². The van der Waals surface area contributed by atoms with Gasteiger partial charge in [-0.25, -0.2) is 0 Å². The molecule has 1 aliphatic heterocycles. The third kappa shape index (κ3) is 3.47. The van der Waals surface area contributed by atoms with Crippen molar-refractivity contribution in [1.82, 2.24) is 0 Å². The predicted octanol–water partition coefficient (Wildman–Crippen LogP) is 2.23. The zero-order chi connectivity index (χ0) is 13.0. The second-order valence-electron chi connectivity index (χ2n) is 5.21. The summed E-state index contributed by atoms with van der Waals surface area (Å²) in [6.45, 7) is 6.07. The van der Waals surface area contributed by atoms with Gasteiger partial charge >= 0.3 is 0 Å². The molecule has 0 spiro atoms. The molecule has 1 aliphatic rings. The van der Waals surface area contributed by atoms with E-state index in [-0.39, 0.29) is 6.10 Å². The average Bonchev–Trinajstić information content (AvgIpc) is 2.37. The number of nitrogens with zero attached hydrogens (tertiary/aromatic N) is 1. The first-order valence-electron chi connectivity index (χ1n) is 6.79. The third-order valence-corrected chi connectivity index (χ3v) is 3.26. The SMILES string of the molecule is CC(C)OCC(O)CN1CCCc2ccccc21. The molecule has 3 heteroatoms. The molecule has 0 radical (unpaired) electrons. The summed E-state index contributed by atoms with van der Waals surface area (Å²) >= 11 is 0. The Bertz CT molecular complexity index is 379. The topological polar surface area (TPSA) is 32.7 Å². The number of aliphatic hydroxyl groups is 1. The van der Waals surface area contributed by atoms with Crippen LogP contribution in [-0.2, 0) is 11.2 Å². The van der Waals surface area contributed by atoms with Gasteiger partial charge in [-0.05, 0) is 38.3 Å². The van der Waals surface area contributed by atoms with Crippen molar-refractivity contribution in [3.05, 3.63) is 29.8 Å². The number of aliphatic hydroxyl groups excluding tert-OH is 1. The summed E-state index contributed by atoms with van der Waals surface area (Å²) in [6.07, 6.45) is 2.06. The van der Waals surface area contributed by atoms with Gasteiger partial charge in [0.05, 0.1) is 18.8 Å². The number of fused-ring (bicyclic) bond motifs is 1. The van der Waals surface area contributed by atoms with Crippen molar-refractivity contribution in [3.8, 4) is 0 Å². The molecule has 0 amide bonds. The Morgan fingerprint density at radius 2 is 2.11 bits per heavy atom. The van der Waals surface area contributed by atoms with E-state index in [1.165, 1.54) is 11.3 Å². The van der Waals surface area contributed by atoms with Crippen molar-refractivity contribution in [2.75, 3.05) is 24.6 Å². The maximum Gasteiger partial charge on any atom is 0.0948 e. The van der Waals surface area contributed by atoms with E-state index in [0.717, 1.165) is 19.4 Å². The molecule has 1 aromatic rings. The molecule has 2 rings (SSSR count). The molecule has 1 heterocycles. The molecule has 1 N–H and O–H groups in total. The molecular weight excluding hydrogens is 226 g/mol. The molecule has 0 aliphatic carbocycles. The van der Waals surface area contributed by atoms with Crippen LogP contribution in [0.15, 0.2) is 24.3 Å². The van der Waals surface area contributed by atoms with Gasteiger partial charge in [0.15, 0.2) is 0 Å². The highest BCUT2D eigenvalue weighted by Gasteiger charge is 2.19. The van der Waals surface area contributed by atoms with E-state index < -0.39 is 6.10 Å². The summed E-state index contributed by atoms with van der Waals surface area (Å²) in [5.41, 5.74) is 2.66. The van der Waals surface area contributed by atoms with Crippen molar-refractivity contribution in [1.29, 1.82) is 0 Å². The number of para-hydroxylation sites is 1. The molecule has 1 atom stereocenters. The first-order valence-corrected chi connectivity index (χ1v) is 6.79. The van der Waals surface area contributed by atoms with Crippen LogP contribution in [0, 0.1) is 0 Å². The standard InChI is InChI=1S/C15H23NO2/c1-12(2)18-11-14(17)10-16-9-5-7-13-6-3-4-8-15(13)16/h3-4,6,8,12,14,17H,5,7,9-11H2,1-2H3. The molecular formula is C15H23NO2. The van der Waals surface area contributed by atoms with Crippen LogP contribution >= 0.6 is 0 Å². The lowest BCUT2D eigenvalue weighted by molar-refractivity contribution is 0.00880. The Balaban J connectivity index is 1.94. The van der Waals surface area contributed by atoms with Crippen LogP contribution in [0.3, 0.4) is 0 Å². The fourth-order valence-electron chi connectivity index (χ4n) is 2.41. The van der Waals surface area contributed by atoms with E-state index in [9.17, 15) is 5.11 Å². The first-order chi connectivity index (χ1) is 8.66. The van der Waals surface area contributed by atoms with E-state index >= 15 is 0 Å². The van der Waals surface area contributed by atoms with Gasteiger partial charge in [-0.2, -0.15) is 0 Å². The van der Waals surface area contributed by atoms with Gasteiger partial charge in [0, 0.05) is 18.8 Å². The lowest BCUT2D eigenvalue weighted by Gasteiger charge is -2.32. The quantitative estimate of drug-likeness (QED) is 0.868. The monoisotopic (exact) mass is 249 g/mol. The van der Waals surface area contributed by atoms with Crippen molar-refractivity contribution in [2.24, 2.45) is 0 Å². The summed E-state index contributed by atoms with van der Waals surface area (Å²) in [4.78, 5) is 2.27. The Kier molecular flexibility index (Phi) is 4.61. The summed E-state index contributed by atoms with van der Waals surface area (Å²) in [7, 11) is 0. The highest BCUT2D eigenvalue weighted by atomic mass is 16.5. The van der Waals surface area contributed by atoms with Crippen LogP contribution < -0.4 is 4.90 Å². The van der Waals surface area contributed by atoms with Crippen molar-refractivity contribution >= 4 is 5.69 Å². The number of benzene rings is 1. The van der Waals surface area contributed by atoms with E-state index in [1.807, 2.05) is 13.8 Å². The normalized spacial score (nSPS) is 16.8. The molecule has 0 aromatic heterocycles. The van der Waals surface area contributed by atoms with Crippen LogP contribution in [0.4, 0.5) is 5.69 Å². The zero-order valence-corrected chi connectivity index (χ0v) is 11.3. The smallest absolute Gasteiger partial charge is 0.0948 e. The van der Waals surface area contributed by atoms with Gasteiger partial charge < -0.3 is 14.7 Å². The summed E-state index contributed by atoms with van der Waals surface area (Å²) in [5.74, 6) is 0. The summed E-state index contributed by atoms with van der Waals surface area (Å²) < 4.78 is 5.46. The second kappa shape index (κ2) is 6.21. The third-order valence-electron chi connectivity index (χ3n) is 3.26. The Labute approximate surface area is 109 Å². The van der Waals surface area contributed by atoms with Gasteiger partial charge in [-0.3, -0.25) is 0 Å². The number of rotatable bonds is 5. The molecule has 18 heavy (non-hydrogen) atoms. The molecule has 0 saturated heterocycles. The molecule has 1 unspecified atom stereocenters. The predicted molar refractivity (Wildman–Crippen MR) is 74.1 cm³/mol. The largest absolute Gasteiger partial charge is 0.389 e. The van der Waals surface area contributed by atoms with Crippen molar-refractivity contribution in [2.45, 2.75) is 38.9 Å². The highest BCUT2D eigenvalue weighted by molar-refractivity contribution is 5.55. The van der Waals surface area contributed by atoms with Gasteiger partial charge in [0.25, 0.3) is 0 Å². The Morgan fingerprint density at radius 1 is 1.33 bits per heavy atom. The maximum absolute atomic E-state index is 10.0. The van der Waals surface area contributed by atoms with Crippen molar-refractivity contribution < 1.29 is 9.84 Å². The van der Waals surface area contributed by atoms with Gasteiger partial charge in [-0.1, -0.05) is 18.2 Å². The second-order valence-corrected chi connectivity index (χ2v) is 5.21. The van der Waals surface area contributed by atoms with Crippen LogP contribution in [0.2, 0.25) is 0 Å². The molecule has 1 aromatic carbocycles. The van der Waals surface area contributed by atoms with Crippen LogP contribution in [0.1, 0.15) is 25.8 Å². The van der Waals surface area contributed by atoms with Gasteiger partial charge in [0.2, 0.25) is 0 Å². The van der Waals surface area contributed by atoms with Gasteiger partial charge in [0.1, 0.15) is 0 Å². The molecule has 0 saturated carbocycles. The lowest BCUT2D eigenvalue weighted by atomic mass is 10.0. The number of hydrogen-bond acceptors (Lipinski definition) is 3. The maximum atomic E-state index is 10.0. The minimum atomic E-state index is -0.418. The summed E-state index contributed by atoms with van der Waals surface area (Å²) in [6, 6.07) is 8.47. The van der Waals surface area contributed by atoms with Crippen LogP contribution in [-0.4, -0.2) is 37.0 Å². The number of ether oxygens (including phenoxy) is 1. The molecule has 0 bridgehead atoms. The average molecular weight is 249 g/mol. The molecule has 100 valence electrons. The van der Waals surface area contributed by atoms with E-state index in [4.69, 9.17) is 4.74 Å². The van der Waals surface area contributed by atoms with E-state index in [2.05, 4.69) is 29.2 Å². The zero-order valence-electron chi connectivity index (χ0n) is 11.3. The highest BCUT2D eigenvalue weighted by Crippen LogP contribution is 2.26. The molecule has 3 nitrogen and oxygen atoms in total. The van der Waals surface area contributed by atoms with E-state index in [0.29, 0.717) is 13.2 Å². The fraction of sp³-hybridized carbons (Fsp3) is 0.600. The Hall–Kier alpha value is -1.06. The molecule has 0 fully saturated rings. The summed E-state index contributed by atoms with van der Waals surface area (Å²) in [5, 5.41) is 10.0. The van der Waals surface area contributed by atoms with Gasteiger partial charge in [-0.15, -0.1) is 0 Å². The minimum absolute atomic E-state index is 0.174.